The van der Waals surface area contributed by atoms with E-state index in [0.717, 1.165) is 38.5 Å². The minimum Gasteiger partial charge on any atom is -0.544 e. The van der Waals surface area contributed by atoms with Gasteiger partial charge in [-0.25, -0.2) is 0 Å². The topological polar surface area (TPSA) is 102 Å². The molecule has 0 aromatic rings. The van der Waals surface area contributed by atoms with Gasteiger partial charge in [0.15, 0.2) is 6.10 Å². The number of esters is 2. The minimum atomic E-state index is -1.13. The number of carbonyl (C=O) groups is 3. The van der Waals surface area contributed by atoms with Crippen LogP contribution in [0.3, 0.4) is 0 Å². The van der Waals surface area contributed by atoms with Crippen molar-refractivity contribution in [3.05, 3.63) is 24.3 Å². The van der Waals surface area contributed by atoms with Crippen molar-refractivity contribution >= 4 is 17.9 Å². The third-order valence-corrected chi connectivity index (χ3v) is 9.37. The first-order valence-corrected chi connectivity index (χ1v) is 20.9. The molecule has 0 rings (SSSR count). The van der Waals surface area contributed by atoms with Gasteiger partial charge in [-0.1, -0.05) is 147 Å². The molecule has 0 bridgehead atoms. The summed E-state index contributed by atoms with van der Waals surface area (Å²) >= 11 is 0. The fourth-order valence-electron chi connectivity index (χ4n) is 6.06. The first kappa shape index (κ1) is 48.8. The monoisotopic (exact) mass is 722 g/mol. The van der Waals surface area contributed by atoms with Gasteiger partial charge in [0.05, 0.1) is 40.3 Å². The second-order valence-corrected chi connectivity index (χ2v) is 15.3. The molecular formula is C43H79NO7. The Kier molecular flexibility index (Phi) is 33.4. The standard InChI is InChI=1S/C43H79NO7/c1-6-8-10-12-14-15-16-17-18-19-20-21-22-23-24-25-26-28-29-31-33-41(45)50-38-39(37-49-36-35-40(43(47)48)44(3,4)5)51-42(46)34-32-30-27-13-11-9-7-2/h15-18,39-40H,6-14,19-38H2,1-5H3/b16-15+,18-17+. The fourth-order valence-corrected chi connectivity index (χ4v) is 6.06. The van der Waals surface area contributed by atoms with Crippen LogP contribution >= 0.6 is 0 Å². The number of carboxylic acid groups (broad SMARTS) is 1. The summed E-state index contributed by atoms with van der Waals surface area (Å²) in [4.78, 5) is 36.6. The maximum Gasteiger partial charge on any atom is 0.306 e. The van der Waals surface area contributed by atoms with Crippen molar-refractivity contribution in [2.45, 2.75) is 193 Å². The largest absolute Gasteiger partial charge is 0.544 e. The van der Waals surface area contributed by atoms with Gasteiger partial charge < -0.3 is 28.6 Å². The van der Waals surface area contributed by atoms with E-state index in [1.165, 1.54) is 109 Å². The van der Waals surface area contributed by atoms with E-state index in [0.29, 0.717) is 12.8 Å². The highest BCUT2D eigenvalue weighted by atomic mass is 16.6. The van der Waals surface area contributed by atoms with Gasteiger partial charge in [0, 0.05) is 19.3 Å². The molecule has 0 aromatic carbocycles. The smallest absolute Gasteiger partial charge is 0.306 e. The molecule has 0 amide bonds. The number of hydrogen-bond acceptors (Lipinski definition) is 7. The Balaban J connectivity index is 4.19. The number of carboxylic acids is 1. The van der Waals surface area contributed by atoms with Crippen molar-refractivity contribution in [1.82, 2.24) is 0 Å². The average molecular weight is 722 g/mol. The Morgan fingerprint density at radius 1 is 0.588 bits per heavy atom. The Morgan fingerprint density at radius 2 is 1.02 bits per heavy atom. The van der Waals surface area contributed by atoms with Crippen LogP contribution in [0.25, 0.3) is 0 Å². The van der Waals surface area contributed by atoms with Crippen LogP contribution in [0.2, 0.25) is 0 Å². The van der Waals surface area contributed by atoms with Crippen molar-refractivity contribution in [3.63, 3.8) is 0 Å². The van der Waals surface area contributed by atoms with E-state index in [2.05, 4.69) is 38.2 Å². The van der Waals surface area contributed by atoms with Crippen molar-refractivity contribution in [2.24, 2.45) is 0 Å². The molecule has 0 N–H and O–H groups in total. The number of ether oxygens (including phenoxy) is 3. The SMILES string of the molecule is CCCCCC/C=C/C=C/CCCCCCCCCCCCC(=O)OCC(COCCC(C(=O)[O-])[N+](C)(C)C)OC(=O)CCCCCCCCC. The van der Waals surface area contributed by atoms with Gasteiger partial charge in [-0.3, -0.25) is 9.59 Å². The van der Waals surface area contributed by atoms with Gasteiger partial charge in [-0.15, -0.1) is 0 Å². The van der Waals surface area contributed by atoms with Crippen molar-refractivity contribution in [2.75, 3.05) is 41.0 Å². The van der Waals surface area contributed by atoms with E-state index in [9.17, 15) is 19.5 Å². The maximum absolute atomic E-state index is 12.6. The molecule has 0 saturated heterocycles. The lowest BCUT2D eigenvalue weighted by Gasteiger charge is -2.34. The average Bonchev–Trinajstić information content (AvgIpc) is 3.08. The molecule has 0 aliphatic carbocycles. The number of hydrogen-bond donors (Lipinski definition) is 0. The number of carbonyl (C=O) groups excluding carboxylic acids is 3. The zero-order valence-electron chi connectivity index (χ0n) is 33.8. The first-order chi connectivity index (χ1) is 24.6. The predicted molar refractivity (Wildman–Crippen MR) is 208 cm³/mol. The highest BCUT2D eigenvalue weighted by molar-refractivity contribution is 5.70. The number of quaternary nitrogens is 1. The number of likely N-dealkylation sites (N-methyl/N-ethyl adjacent to an activating group) is 1. The van der Waals surface area contributed by atoms with Gasteiger partial charge >= 0.3 is 11.9 Å². The molecule has 0 radical (unpaired) electrons. The molecule has 0 aliphatic rings. The molecule has 298 valence electrons. The third kappa shape index (κ3) is 33.4. The van der Waals surface area contributed by atoms with E-state index in [-0.39, 0.29) is 42.7 Å². The van der Waals surface area contributed by atoms with E-state index in [1.807, 2.05) is 0 Å². The number of rotatable bonds is 37. The summed E-state index contributed by atoms with van der Waals surface area (Å²) in [5.74, 6) is -1.74. The first-order valence-electron chi connectivity index (χ1n) is 20.9. The Bertz CT molecular complexity index is 895. The lowest BCUT2D eigenvalue weighted by molar-refractivity contribution is -0.889. The van der Waals surface area contributed by atoms with Crippen LogP contribution in [0.1, 0.15) is 181 Å². The molecule has 0 saturated carbocycles. The normalized spacial score (nSPS) is 13.2. The van der Waals surface area contributed by atoms with Crippen LogP contribution in [0.4, 0.5) is 0 Å². The number of allylic oxidation sites excluding steroid dienone is 4. The fraction of sp³-hybridized carbons (Fsp3) is 0.837. The van der Waals surface area contributed by atoms with Gasteiger partial charge in [0.1, 0.15) is 12.6 Å². The second-order valence-electron chi connectivity index (χ2n) is 15.3. The lowest BCUT2D eigenvalue weighted by atomic mass is 10.1. The predicted octanol–water partition coefficient (Wildman–Crippen LogP) is 9.58. The molecular weight excluding hydrogens is 642 g/mol. The van der Waals surface area contributed by atoms with Gasteiger partial charge in [-0.05, 0) is 38.5 Å². The van der Waals surface area contributed by atoms with Crippen molar-refractivity contribution < 1.29 is 38.2 Å². The quantitative estimate of drug-likeness (QED) is 0.0273. The van der Waals surface area contributed by atoms with Crippen molar-refractivity contribution in [3.8, 4) is 0 Å². The molecule has 8 nitrogen and oxygen atoms in total. The van der Waals surface area contributed by atoms with Gasteiger partial charge in [0.25, 0.3) is 0 Å². The van der Waals surface area contributed by atoms with Crippen LogP contribution < -0.4 is 5.11 Å². The second kappa shape index (κ2) is 34.9. The van der Waals surface area contributed by atoms with Crippen LogP contribution in [0, 0.1) is 0 Å². The summed E-state index contributed by atoms with van der Waals surface area (Å²) in [5.41, 5.74) is 0. The van der Waals surface area contributed by atoms with Crippen LogP contribution in [0.15, 0.2) is 24.3 Å². The summed E-state index contributed by atoms with van der Waals surface area (Å²) in [5, 5.41) is 11.6. The summed E-state index contributed by atoms with van der Waals surface area (Å²) in [6, 6.07) is -0.721. The molecule has 0 aliphatic heterocycles. The summed E-state index contributed by atoms with van der Waals surface area (Å²) in [6.45, 7) is 4.59. The highest BCUT2D eigenvalue weighted by Crippen LogP contribution is 2.14. The summed E-state index contributed by atoms with van der Waals surface area (Å²) in [7, 11) is 5.40. The number of unbranched alkanes of at least 4 members (excludes halogenated alkanes) is 20. The molecule has 8 heteroatoms. The highest BCUT2D eigenvalue weighted by Gasteiger charge is 2.25. The molecule has 0 heterocycles. The minimum absolute atomic E-state index is 0.0426. The zero-order chi connectivity index (χ0) is 37.8. The summed E-state index contributed by atoms with van der Waals surface area (Å²) in [6.07, 6.45) is 36.4. The number of nitrogens with zero attached hydrogens (tertiary/aromatic N) is 1. The third-order valence-electron chi connectivity index (χ3n) is 9.37. The van der Waals surface area contributed by atoms with E-state index >= 15 is 0 Å². The van der Waals surface area contributed by atoms with Crippen LogP contribution in [-0.2, 0) is 28.6 Å². The maximum atomic E-state index is 12.6. The van der Waals surface area contributed by atoms with Crippen LogP contribution in [-0.4, -0.2) is 75.5 Å². The van der Waals surface area contributed by atoms with E-state index < -0.39 is 18.1 Å². The molecule has 0 spiro atoms. The lowest BCUT2D eigenvalue weighted by Crippen LogP contribution is -2.55. The van der Waals surface area contributed by atoms with Gasteiger partial charge in [-0.2, -0.15) is 0 Å². The zero-order valence-corrected chi connectivity index (χ0v) is 33.8. The van der Waals surface area contributed by atoms with Crippen LogP contribution in [0.5, 0.6) is 0 Å². The Morgan fingerprint density at radius 3 is 1.49 bits per heavy atom. The molecule has 0 aromatic heterocycles. The van der Waals surface area contributed by atoms with E-state index in [1.54, 1.807) is 21.1 Å². The van der Waals surface area contributed by atoms with E-state index in [4.69, 9.17) is 14.2 Å². The molecule has 2 unspecified atom stereocenters. The van der Waals surface area contributed by atoms with Crippen molar-refractivity contribution in [1.29, 1.82) is 0 Å². The Hall–Kier alpha value is -2.19. The summed E-state index contributed by atoms with van der Waals surface area (Å²) < 4.78 is 17.1. The Labute approximate surface area is 313 Å². The molecule has 51 heavy (non-hydrogen) atoms. The number of aliphatic carboxylic acids is 1. The molecule has 0 fully saturated rings. The molecule has 2 atom stereocenters. The van der Waals surface area contributed by atoms with Gasteiger partial charge in [0.2, 0.25) is 0 Å².